The van der Waals surface area contributed by atoms with E-state index in [9.17, 15) is 9.59 Å². The summed E-state index contributed by atoms with van der Waals surface area (Å²) < 4.78 is 10.7. The second-order valence-electron chi connectivity index (χ2n) is 4.31. The van der Waals surface area contributed by atoms with Crippen LogP contribution in [0.1, 0.15) is 12.8 Å². The zero-order valence-corrected chi connectivity index (χ0v) is 13.0. The van der Waals surface area contributed by atoms with Crippen molar-refractivity contribution in [3.05, 3.63) is 37.5 Å². The summed E-state index contributed by atoms with van der Waals surface area (Å²) in [7, 11) is 0. The lowest BCUT2D eigenvalue weighted by atomic mass is 10.4. The highest BCUT2D eigenvalue weighted by molar-refractivity contribution is 5.87. The Morgan fingerprint density at radius 1 is 0.864 bits per heavy atom. The van der Waals surface area contributed by atoms with Crippen molar-refractivity contribution in [2.45, 2.75) is 12.8 Å². The minimum Gasteiger partial charge on any atom is -0.379 e. The van der Waals surface area contributed by atoms with Crippen LogP contribution in [0.5, 0.6) is 0 Å². The van der Waals surface area contributed by atoms with Crippen molar-refractivity contribution in [2.75, 3.05) is 39.5 Å². The van der Waals surface area contributed by atoms with Gasteiger partial charge < -0.3 is 20.1 Å². The van der Waals surface area contributed by atoms with Crippen LogP contribution < -0.4 is 10.6 Å². The van der Waals surface area contributed by atoms with Gasteiger partial charge in [0.1, 0.15) is 0 Å². The normalized spacial score (nSPS) is 10.4. The molecule has 0 bridgehead atoms. The molecule has 0 spiro atoms. The van der Waals surface area contributed by atoms with Gasteiger partial charge in [0, 0.05) is 32.4 Å². The largest absolute Gasteiger partial charge is 0.379 e. The first-order valence-electron chi connectivity index (χ1n) is 7.33. The minimum absolute atomic E-state index is 0.133. The maximum atomic E-state index is 11.2. The van der Waals surface area contributed by atoms with Gasteiger partial charge in [-0.15, -0.1) is 0 Å². The topological polar surface area (TPSA) is 76.7 Å². The standard InChI is InChI=1S/C16H26N2O4/c1-3-5-8-16(20)18-10-7-12-22-14-13-21-11-6-9-17-15(19)4-2/h3-5,8H,1-2,6-7,9-14H2,(H,17,19)(H,18,20)/b8-5-. The summed E-state index contributed by atoms with van der Waals surface area (Å²) in [5.74, 6) is -0.304. The van der Waals surface area contributed by atoms with Gasteiger partial charge >= 0.3 is 0 Å². The van der Waals surface area contributed by atoms with Crippen molar-refractivity contribution < 1.29 is 19.1 Å². The molecule has 6 nitrogen and oxygen atoms in total. The van der Waals surface area contributed by atoms with E-state index in [1.807, 2.05) is 0 Å². The molecule has 6 heteroatoms. The second-order valence-corrected chi connectivity index (χ2v) is 4.31. The Hall–Kier alpha value is -1.92. The summed E-state index contributed by atoms with van der Waals surface area (Å²) in [4.78, 5) is 22.0. The number of rotatable bonds is 14. The summed E-state index contributed by atoms with van der Waals surface area (Å²) in [5.41, 5.74) is 0. The first kappa shape index (κ1) is 20.1. The van der Waals surface area contributed by atoms with Gasteiger partial charge in [0.15, 0.2) is 0 Å². The number of ether oxygens (including phenoxy) is 2. The fourth-order valence-corrected chi connectivity index (χ4v) is 1.38. The molecule has 0 aliphatic heterocycles. The molecule has 0 aliphatic rings. The Kier molecular flexibility index (Phi) is 14.1. The van der Waals surface area contributed by atoms with Crippen LogP contribution in [-0.2, 0) is 19.1 Å². The number of carbonyl (C=O) groups excluding carboxylic acids is 2. The molecule has 124 valence electrons. The third kappa shape index (κ3) is 14.5. The number of allylic oxidation sites excluding steroid dienone is 2. The number of carbonyl (C=O) groups is 2. The van der Waals surface area contributed by atoms with Crippen molar-refractivity contribution >= 4 is 11.8 Å². The van der Waals surface area contributed by atoms with Crippen molar-refractivity contribution in [1.29, 1.82) is 0 Å². The molecule has 0 atom stereocenters. The maximum absolute atomic E-state index is 11.2. The van der Waals surface area contributed by atoms with E-state index in [-0.39, 0.29) is 11.8 Å². The van der Waals surface area contributed by atoms with E-state index in [1.165, 1.54) is 12.2 Å². The molecule has 2 N–H and O–H groups in total. The molecule has 0 rings (SSSR count). The smallest absolute Gasteiger partial charge is 0.243 e. The zero-order valence-electron chi connectivity index (χ0n) is 13.0. The molecule has 0 fully saturated rings. The lowest BCUT2D eigenvalue weighted by molar-refractivity contribution is -0.117. The third-order valence-electron chi connectivity index (χ3n) is 2.47. The van der Waals surface area contributed by atoms with E-state index in [2.05, 4.69) is 23.8 Å². The fraction of sp³-hybridized carbons (Fsp3) is 0.500. The molecule has 0 aromatic heterocycles. The lowest BCUT2D eigenvalue weighted by Crippen LogP contribution is -2.23. The van der Waals surface area contributed by atoms with E-state index in [4.69, 9.17) is 9.47 Å². The van der Waals surface area contributed by atoms with Crippen LogP contribution >= 0.6 is 0 Å². The molecule has 2 amide bonds. The molecule has 0 heterocycles. The number of nitrogens with one attached hydrogen (secondary N) is 2. The Balaban J connectivity index is 3.19. The first-order valence-corrected chi connectivity index (χ1v) is 7.33. The van der Waals surface area contributed by atoms with E-state index in [1.54, 1.807) is 12.2 Å². The average molecular weight is 310 g/mol. The molecule has 0 radical (unpaired) electrons. The summed E-state index contributed by atoms with van der Waals surface area (Å²) in [5, 5.41) is 5.40. The molecule has 0 aromatic rings. The average Bonchev–Trinajstić information content (AvgIpc) is 2.53. The Bertz CT molecular complexity index is 367. The minimum atomic E-state index is -0.171. The van der Waals surface area contributed by atoms with Gasteiger partial charge in [-0.05, 0) is 18.9 Å². The van der Waals surface area contributed by atoms with Gasteiger partial charge in [-0.2, -0.15) is 0 Å². The lowest BCUT2D eigenvalue weighted by Gasteiger charge is -2.06. The summed E-state index contributed by atoms with van der Waals surface area (Å²) in [6.45, 7) is 10.2. The molecular weight excluding hydrogens is 284 g/mol. The van der Waals surface area contributed by atoms with Crippen LogP contribution in [0, 0.1) is 0 Å². The van der Waals surface area contributed by atoms with Crippen LogP contribution in [0.3, 0.4) is 0 Å². The van der Waals surface area contributed by atoms with Crippen LogP contribution in [-0.4, -0.2) is 51.3 Å². The van der Waals surface area contributed by atoms with Gasteiger partial charge in [0.05, 0.1) is 13.2 Å². The molecule has 0 aliphatic carbocycles. The van der Waals surface area contributed by atoms with Crippen molar-refractivity contribution in [3.63, 3.8) is 0 Å². The summed E-state index contributed by atoms with van der Waals surface area (Å²) in [6, 6.07) is 0. The molecule has 22 heavy (non-hydrogen) atoms. The van der Waals surface area contributed by atoms with Gasteiger partial charge in [-0.1, -0.05) is 25.3 Å². The van der Waals surface area contributed by atoms with Crippen LogP contribution in [0.15, 0.2) is 37.5 Å². The first-order chi connectivity index (χ1) is 10.7. The van der Waals surface area contributed by atoms with Crippen molar-refractivity contribution in [3.8, 4) is 0 Å². The molecule has 0 saturated carbocycles. The number of hydrogen-bond acceptors (Lipinski definition) is 4. The van der Waals surface area contributed by atoms with Crippen molar-refractivity contribution in [2.24, 2.45) is 0 Å². The quantitative estimate of drug-likeness (QED) is 0.285. The van der Waals surface area contributed by atoms with Crippen LogP contribution in [0.25, 0.3) is 0 Å². The SMILES string of the molecule is C=C/C=C\C(=O)NCCCOCCOCCCNC(=O)C=C. The molecule has 0 unspecified atom stereocenters. The van der Waals surface area contributed by atoms with Crippen LogP contribution in [0.4, 0.5) is 0 Å². The molecule has 0 aromatic carbocycles. The Morgan fingerprint density at radius 2 is 1.41 bits per heavy atom. The van der Waals surface area contributed by atoms with E-state index >= 15 is 0 Å². The fourth-order valence-electron chi connectivity index (χ4n) is 1.38. The van der Waals surface area contributed by atoms with Gasteiger partial charge in [0.25, 0.3) is 0 Å². The number of amides is 2. The predicted octanol–water partition coefficient (Wildman–Crippen LogP) is 0.960. The highest BCUT2D eigenvalue weighted by Crippen LogP contribution is 1.86. The van der Waals surface area contributed by atoms with E-state index in [0.29, 0.717) is 39.5 Å². The van der Waals surface area contributed by atoms with E-state index < -0.39 is 0 Å². The zero-order chi connectivity index (χ0) is 16.5. The van der Waals surface area contributed by atoms with Gasteiger partial charge in [-0.3, -0.25) is 9.59 Å². The highest BCUT2D eigenvalue weighted by Gasteiger charge is 1.95. The maximum Gasteiger partial charge on any atom is 0.243 e. The monoisotopic (exact) mass is 310 g/mol. The number of hydrogen-bond donors (Lipinski definition) is 2. The predicted molar refractivity (Wildman–Crippen MR) is 86.4 cm³/mol. The molecule has 0 saturated heterocycles. The second kappa shape index (κ2) is 15.5. The molecular formula is C16H26N2O4. The third-order valence-corrected chi connectivity index (χ3v) is 2.47. The highest BCUT2D eigenvalue weighted by atomic mass is 16.5. The summed E-state index contributed by atoms with van der Waals surface area (Å²) in [6.07, 6.45) is 7.32. The van der Waals surface area contributed by atoms with E-state index in [0.717, 1.165) is 12.8 Å². The Morgan fingerprint density at radius 3 is 1.91 bits per heavy atom. The van der Waals surface area contributed by atoms with Gasteiger partial charge in [0.2, 0.25) is 11.8 Å². The van der Waals surface area contributed by atoms with Crippen molar-refractivity contribution in [1.82, 2.24) is 10.6 Å². The summed E-state index contributed by atoms with van der Waals surface area (Å²) >= 11 is 0. The Labute approximate surface area is 132 Å². The van der Waals surface area contributed by atoms with Crippen LogP contribution in [0.2, 0.25) is 0 Å². The van der Waals surface area contributed by atoms with Gasteiger partial charge in [-0.25, -0.2) is 0 Å².